The molecule has 0 heterocycles. The molecule has 0 aromatic heterocycles. The summed E-state index contributed by atoms with van der Waals surface area (Å²) in [7, 11) is 1.73. The van der Waals surface area contributed by atoms with E-state index in [1.54, 1.807) is 7.11 Å². The molecule has 0 fully saturated rings. The van der Waals surface area contributed by atoms with Gasteiger partial charge in [0.15, 0.2) is 0 Å². The Bertz CT molecular complexity index is 389. The SMILES string of the molecule is CCC(C)N(CCOC)Cc1ccc(C(=N)N)cc1. The molecule has 1 aromatic carbocycles. The monoisotopic (exact) mass is 263 g/mol. The van der Waals surface area contributed by atoms with Gasteiger partial charge in [0, 0.05) is 31.8 Å². The maximum Gasteiger partial charge on any atom is 0.122 e. The van der Waals surface area contributed by atoms with Crippen molar-refractivity contribution in [2.75, 3.05) is 20.3 Å². The molecule has 1 atom stereocenters. The van der Waals surface area contributed by atoms with Crippen LogP contribution in [0.4, 0.5) is 0 Å². The molecule has 1 rings (SSSR count). The van der Waals surface area contributed by atoms with E-state index in [1.807, 2.05) is 24.3 Å². The second-order valence-electron chi connectivity index (χ2n) is 4.83. The smallest absolute Gasteiger partial charge is 0.122 e. The third-order valence-corrected chi connectivity index (χ3v) is 3.45. The van der Waals surface area contributed by atoms with E-state index in [0.717, 1.165) is 31.7 Å². The van der Waals surface area contributed by atoms with Crippen LogP contribution in [-0.4, -0.2) is 37.0 Å². The number of benzene rings is 1. The van der Waals surface area contributed by atoms with Crippen molar-refractivity contribution in [1.82, 2.24) is 4.90 Å². The van der Waals surface area contributed by atoms with E-state index in [1.165, 1.54) is 5.56 Å². The minimum atomic E-state index is 0.115. The lowest BCUT2D eigenvalue weighted by atomic mass is 10.1. The van der Waals surface area contributed by atoms with Crippen molar-refractivity contribution in [2.45, 2.75) is 32.9 Å². The van der Waals surface area contributed by atoms with Gasteiger partial charge < -0.3 is 10.5 Å². The number of nitrogens with zero attached hydrogens (tertiary/aromatic N) is 1. The molecular formula is C15H25N3O. The first kappa shape index (κ1) is 15.7. The molecule has 0 spiro atoms. The zero-order valence-electron chi connectivity index (χ0n) is 12.1. The highest BCUT2D eigenvalue weighted by Gasteiger charge is 2.12. The van der Waals surface area contributed by atoms with Crippen molar-refractivity contribution in [3.05, 3.63) is 35.4 Å². The highest BCUT2D eigenvalue weighted by Crippen LogP contribution is 2.11. The molecule has 0 amide bonds. The van der Waals surface area contributed by atoms with Gasteiger partial charge in [0.25, 0.3) is 0 Å². The number of rotatable bonds is 8. The van der Waals surface area contributed by atoms with Gasteiger partial charge >= 0.3 is 0 Å². The highest BCUT2D eigenvalue weighted by molar-refractivity contribution is 5.94. The lowest BCUT2D eigenvalue weighted by Gasteiger charge is -2.28. The molecule has 0 radical (unpaired) electrons. The van der Waals surface area contributed by atoms with Gasteiger partial charge in [-0.15, -0.1) is 0 Å². The summed E-state index contributed by atoms with van der Waals surface area (Å²) in [6.07, 6.45) is 1.12. The summed E-state index contributed by atoms with van der Waals surface area (Å²) < 4.78 is 5.17. The van der Waals surface area contributed by atoms with Gasteiger partial charge in [-0.05, 0) is 18.9 Å². The van der Waals surface area contributed by atoms with Crippen molar-refractivity contribution in [3.8, 4) is 0 Å². The number of nitrogens with one attached hydrogen (secondary N) is 1. The number of hydrogen-bond acceptors (Lipinski definition) is 3. The molecule has 1 unspecified atom stereocenters. The first-order valence-electron chi connectivity index (χ1n) is 6.74. The van der Waals surface area contributed by atoms with Crippen LogP contribution in [0.5, 0.6) is 0 Å². The van der Waals surface area contributed by atoms with Crippen molar-refractivity contribution in [1.29, 1.82) is 5.41 Å². The predicted molar refractivity (Wildman–Crippen MR) is 79.5 cm³/mol. The van der Waals surface area contributed by atoms with Crippen LogP contribution >= 0.6 is 0 Å². The van der Waals surface area contributed by atoms with Gasteiger partial charge in [0.1, 0.15) is 5.84 Å². The first-order valence-corrected chi connectivity index (χ1v) is 6.74. The van der Waals surface area contributed by atoms with Gasteiger partial charge in [-0.25, -0.2) is 0 Å². The van der Waals surface area contributed by atoms with E-state index >= 15 is 0 Å². The number of hydrogen-bond donors (Lipinski definition) is 2. The van der Waals surface area contributed by atoms with E-state index in [-0.39, 0.29) is 5.84 Å². The molecule has 19 heavy (non-hydrogen) atoms. The number of nitrogen functional groups attached to an aromatic ring is 1. The second-order valence-corrected chi connectivity index (χ2v) is 4.83. The topological polar surface area (TPSA) is 62.3 Å². The fraction of sp³-hybridized carbons (Fsp3) is 0.533. The lowest BCUT2D eigenvalue weighted by molar-refractivity contribution is 0.118. The molecule has 4 heteroatoms. The fourth-order valence-corrected chi connectivity index (χ4v) is 1.95. The average Bonchev–Trinajstić information content (AvgIpc) is 2.43. The summed E-state index contributed by atoms with van der Waals surface area (Å²) in [5.41, 5.74) is 7.47. The molecule has 0 aliphatic carbocycles. The summed E-state index contributed by atoms with van der Waals surface area (Å²) in [4.78, 5) is 2.41. The third kappa shape index (κ3) is 5.01. The molecule has 1 aromatic rings. The normalized spacial score (nSPS) is 12.6. The van der Waals surface area contributed by atoms with Gasteiger partial charge in [-0.1, -0.05) is 31.2 Å². The Kier molecular flexibility index (Phi) is 6.53. The Morgan fingerprint density at radius 2 is 2.00 bits per heavy atom. The van der Waals surface area contributed by atoms with Gasteiger partial charge in [-0.2, -0.15) is 0 Å². The molecule has 106 valence electrons. The minimum absolute atomic E-state index is 0.115. The molecule has 0 aliphatic rings. The summed E-state index contributed by atoms with van der Waals surface area (Å²) in [6, 6.07) is 8.42. The second kappa shape index (κ2) is 7.92. The largest absolute Gasteiger partial charge is 0.384 e. The lowest BCUT2D eigenvalue weighted by Crippen LogP contribution is -2.34. The summed E-state index contributed by atoms with van der Waals surface area (Å²) >= 11 is 0. The van der Waals surface area contributed by atoms with E-state index in [0.29, 0.717) is 6.04 Å². The summed E-state index contributed by atoms with van der Waals surface area (Å²) in [6.45, 7) is 7.01. The van der Waals surface area contributed by atoms with Gasteiger partial charge in [0.2, 0.25) is 0 Å². The van der Waals surface area contributed by atoms with Crippen LogP contribution in [-0.2, 0) is 11.3 Å². The number of amidine groups is 1. The zero-order valence-corrected chi connectivity index (χ0v) is 12.1. The van der Waals surface area contributed by atoms with Crippen LogP contribution in [0.2, 0.25) is 0 Å². The van der Waals surface area contributed by atoms with Crippen LogP contribution in [0, 0.1) is 5.41 Å². The molecule has 3 N–H and O–H groups in total. The quantitative estimate of drug-likeness (QED) is 0.558. The van der Waals surface area contributed by atoms with Gasteiger partial charge in [0.05, 0.1) is 6.61 Å². The van der Waals surface area contributed by atoms with Crippen molar-refractivity contribution in [3.63, 3.8) is 0 Å². The summed E-state index contributed by atoms with van der Waals surface area (Å²) in [5.74, 6) is 0.115. The molecular weight excluding hydrogens is 238 g/mol. The minimum Gasteiger partial charge on any atom is -0.384 e. The predicted octanol–water partition coefficient (Wildman–Crippen LogP) is 2.22. The Morgan fingerprint density at radius 1 is 1.37 bits per heavy atom. The van der Waals surface area contributed by atoms with Crippen LogP contribution in [0.3, 0.4) is 0 Å². The molecule has 0 bridgehead atoms. The molecule has 0 aliphatic heterocycles. The third-order valence-electron chi connectivity index (χ3n) is 3.45. The maximum atomic E-state index is 7.39. The standard InChI is InChI=1S/C15H25N3O/c1-4-12(2)18(9-10-19-3)11-13-5-7-14(8-6-13)15(16)17/h5-8,12H,4,9-11H2,1-3H3,(H3,16,17). The number of ether oxygens (including phenoxy) is 1. The van der Waals surface area contributed by atoms with Gasteiger partial charge in [-0.3, -0.25) is 10.3 Å². The maximum absolute atomic E-state index is 7.39. The van der Waals surface area contributed by atoms with E-state index in [2.05, 4.69) is 18.7 Å². The van der Waals surface area contributed by atoms with Crippen LogP contribution < -0.4 is 5.73 Å². The highest BCUT2D eigenvalue weighted by atomic mass is 16.5. The molecule has 4 nitrogen and oxygen atoms in total. The Labute approximate surface area is 116 Å². The first-order chi connectivity index (χ1) is 9.08. The van der Waals surface area contributed by atoms with E-state index < -0.39 is 0 Å². The Balaban J connectivity index is 2.69. The zero-order chi connectivity index (χ0) is 14.3. The Hall–Kier alpha value is -1.39. The average molecular weight is 263 g/mol. The summed E-state index contributed by atoms with van der Waals surface area (Å²) in [5, 5.41) is 7.39. The van der Waals surface area contributed by atoms with Crippen LogP contribution in [0.25, 0.3) is 0 Å². The van der Waals surface area contributed by atoms with E-state index in [4.69, 9.17) is 15.9 Å². The van der Waals surface area contributed by atoms with Crippen LogP contribution in [0.15, 0.2) is 24.3 Å². The number of nitrogens with two attached hydrogens (primary N) is 1. The Morgan fingerprint density at radius 3 is 2.47 bits per heavy atom. The molecule has 0 saturated carbocycles. The van der Waals surface area contributed by atoms with Crippen molar-refractivity contribution in [2.24, 2.45) is 5.73 Å². The van der Waals surface area contributed by atoms with Crippen LogP contribution in [0.1, 0.15) is 31.4 Å². The fourth-order valence-electron chi connectivity index (χ4n) is 1.95. The van der Waals surface area contributed by atoms with E-state index in [9.17, 15) is 0 Å². The van der Waals surface area contributed by atoms with Crippen molar-refractivity contribution >= 4 is 5.84 Å². The molecule has 0 saturated heterocycles. The van der Waals surface area contributed by atoms with Crippen molar-refractivity contribution < 1.29 is 4.74 Å². The number of methoxy groups -OCH3 is 1.